The van der Waals surface area contributed by atoms with Crippen LogP contribution in [0.5, 0.6) is 5.75 Å². The zero-order chi connectivity index (χ0) is 19.2. The molecule has 0 unspecified atom stereocenters. The maximum Gasteiger partial charge on any atom is 0.253 e. The highest BCUT2D eigenvalue weighted by Gasteiger charge is 2.04. The molecule has 6 heteroatoms. The summed E-state index contributed by atoms with van der Waals surface area (Å²) in [4.78, 5) is 15.7. The van der Waals surface area contributed by atoms with E-state index < -0.39 is 0 Å². The van der Waals surface area contributed by atoms with Crippen LogP contribution in [0, 0.1) is 0 Å². The molecule has 0 spiro atoms. The molecule has 3 rings (SSSR count). The summed E-state index contributed by atoms with van der Waals surface area (Å²) in [6.07, 6.45) is 5.18. The number of aryl methyl sites for hydroxylation is 1. The third-order valence-corrected chi connectivity index (χ3v) is 4.38. The van der Waals surface area contributed by atoms with Crippen molar-refractivity contribution in [2.24, 2.45) is 7.05 Å². The third-order valence-electron chi connectivity index (χ3n) is 4.38. The molecule has 0 atom stereocenters. The molecule has 3 N–H and O–H groups in total. The molecule has 140 valence electrons. The lowest BCUT2D eigenvalue weighted by atomic mass is 10.1. The molecule has 6 nitrogen and oxygen atoms in total. The lowest BCUT2D eigenvalue weighted by Gasteiger charge is -2.12. The predicted octanol–water partition coefficient (Wildman–Crippen LogP) is 3.34. The second kappa shape index (κ2) is 8.40. The van der Waals surface area contributed by atoms with Crippen LogP contribution < -0.4 is 21.3 Å². The fraction of sp³-hybridized carbons (Fsp3) is 0.238. The first-order valence-electron chi connectivity index (χ1n) is 8.88. The fourth-order valence-corrected chi connectivity index (χ4v) is 2.82. The molecular formula is C21H24N4O2. The topological polar surface area (TPSA) is 82.2 Å². The van der Waals surface area contributed by atoms with Crippen LogP contribution >= 0.6 is 0 Å². The van der Waals surface area contributed by atoms with Gasteiger partial charge in [0, 0.05) is 48.5 Å². The van der Waals surface area contributed by atoms with E-state index in [0.717, 1.165) is 41.4 Å². The zero-order valence-electron chi connectivity index (χ0n) is 15.4. The number of nitrogens with two attached hydrogens (primary N) is 1. The first kappa shape index (κ1) is 18.5. The molecule has 1 aromatic carbocycles. The molecule has 3 aromatic rings. The molecule has 2 heterocycles. The lowest BCUT2D eigenvalue weighted by molar-refractivity contribution is 0.346. The molecule has 2 aromatic heterocycles. The minimum atomic E-state index is -0.0896. The molecule has 0 aliphatic rings. The zero-order valence-corrected chi connectivity index (χ0v) is 15.4. The van der Waals surface area contributed by atoms with Crippen molar-refractivity contribution in [3.05, 3.63) is 71.3 Å². The number of fused-ring (bicyclic) bond motifs is 1. The summed E-state index contributed by atoms with van der Waals surface area (Å²) < 4.78 is 7.14. The highest BCUT2D eigenvalue weighted by molar-refractivity contribution is 5.99. The number of benzene rings is 1. The van der Waals surface area contributed by atoms with Crippen molar-refractivity contribution >= 4 is 22.3 Å². The van der Waals surface area contributed by atoms with Crippen molar-refractivity contribution < 1.29 is 4.74 Å². The van der Waals surface area contributed by atoms with Gasteiger partial charge in [-0.2, -0.15) is 0 Å². The number of nitrogens with one attached hydrogen (secondary N) is 1. The van der Waals surface area contributed by atoms with Crippen molar-refractivity contribution in [1.82, 2.24) is 9.55 Å². The van der Waals surface area contributed by atoms with Crippen molar-refractivity contribution in [2.45, 2.75) is 12.8 Å². The number of anilines is 2. The Hall–Kier alpha value is -3.28. The van der Waals surface area contributed by atoms with Crippen molar-refractivity contribution in [3.63, 3.8) is 0 Å². The molecule has 0 aliphatic heterocycles. The van der Waals surface area contributed by atoms with Gasteiger partial charge in [0.15, 0.2) is 0 Å². The maximum atomic E-state index is 11.6. The molecular weight excluding hydrogens is 340 g/mol. The Labute approximate surface area is 158 Å². The highest BCUT2D eigenvalue weighted by atomic mass is 16.5. The van der Waals surface area contributed by atoms with Gasteiger partial charge in [0.2, 0.25) is 0 Å². The van der Waals surface area contributed by atoms with Crippen LogP contribution in [0.2, 0.25) is 0 Å². The van der Waals surface area contributed by atoms with E-state index in [1.807, 2.05) is 24.3 Å². The van der Waals surface area contributed by atoms with Crippen LogP contribution in [0.4, 0.5) is 11.5 Å². The Morgan fingerprint density at radius 2 is 2.15 bits per heavy atom. The van der Waals surface area contributed by atoms with E-state index in [9.17, 15) is 4.79 Å². The maximum absolute atomic E-state index is 11.6. The number of nitrogen functional groups attached to an aromatic ring is 1. The fourth-order valence-electron chi connectivity index (χ4n) is 2.82. The molecule has 0 radical (unpaired) electrons. The van der Waals surface area contributed by atoms with E-state index in [1.165, 1.54) is 10.6 Å². The number of pyridine rings is 2. The average Bonchev–Trinajstić information content (AvgIpc) is 2.67. The van der Waals surface area contributed by atoms with E-state index in [-0.39, 0.29) is 5.56 Å². The van der Waals surface area contributed by atoms with E-state index in [1.54, 1.807) is 25.5 Å². The highest BCUT2D eigenvalue weighted by Crippen LogP contribution is 2.26. The Morgan fingerprint density at radius 3 is 2.96 bits per heavy atom. The normalized spacial score (nSPS) is 10.7. The summed E-state index contributed by atoms with van der Waals surface area (Å²) in [6, 6.07) is 11.2. The lowest BCUT2D eigenvalue weighted by Crippen LogP contribution is -2.15. The molecule has 27 heavy (non-hydrogen) atoms. The first-order valence-corrected chi connectivity index (χ1v) is 8.88. The second-order valence-electron chi connectivity index (χ2n) is 6.48. The smallest absolute Gasteiger partial charge is 0.253 e. The van der Waals surface area contributed by atoms with Crippen LogP contribution in [0.25, 0.3) is 10.8 Å². The summed E-state index contributed by atoms with van der Waals surface area (Å²) in [5.41, 5.74) is 7.88. The number of aromatic nitrogens is 2. The molecule has 0 saturated heterocycles. The predicted molar refractivity (Wildman–Crippen MR) is 110 cm³/mol. The summed E-state index contributed by atoms with van der Waals surface area (Å²) >= 11 is 0. The minimum absolute atomic E-state index is 0.0896. The number of rotatable bonds is 8. The molecule has 0 aliphatic carbocycles. The summed E-state index contributed by atoms with van der Waals surface area (Å²) in [5.74, 6) is 1.11. The SMILES string of the molecule is C=C(CCCNc1cccc2c(N)nccc12)COc1ccn(C)c(=O)c1. The average molecular weight is 364 g/mol. The molecule has 0 fully saturated rings. The van der Waals surface area contributed by atoms with Gasteiger partial charge >= 0.3 is 0 Å². The minimum Gasteiger partial charge on any atom is -0.489 e. The Balaban J connectivity index is 1.46. The van der Waals surface area contributed by atoms with Gasteiger partial charge in [-0.3, -0.25) is 4.79 Å². The third kappa shape index (κ3) is 4.67. The van der Waals surface area contributed by atoms with Crippen LogP contribution in [0.15, 0.2) is 65.7 Å². The summed E-state index contributed by atoms with van der Waals surface area (Å²) in [7, 11) is 1.71. The van der Waals surface area contributed by atoms with Crippen LogP contribution in [0.3, 0.4) is 0 Å². The van der Waals surface area contributed by atoms with Gasteiger partial charge in [0.1, 0.15) is 18.2 Å². The number of hydrogen-bond acceptors (Lipinski definition) is 5. The van der Waals surface area contributed by atoms with Crippen molar-refractivity contribution in [3.8, 4) is 5.75 Å². The summed E-state index contributed by atoms with van der Waals surface area (Å²) in [6.45, 7) is 5.27. The summed E-state index contributed by atoms with van der Waals surface area (Å²) in [5, 5.41) is 5.47. The van der Waals surface area contributed by atoms with E-state index in [4.69, 9.17) is 10.5 Å². The van der Waals surface area contributed by atoms with Gasteiger partial charge < -0.3 is 20.4 Å². The van der Waals surface area contributed by atoms with E-state index >= 15 is 0 Å². The van der Waals surface area contributed by atoms with Crippen molar-refractivity contribution in [2.75, 3.05) is 24.2 Å². The van der Waals surface area contributed by atoms with Crippen molar-refractivity contribution in [1.29, 1.82) is 0 Å². The van der Waals surface area contributed by atoms with E-state index in [2.05, 4.69) is 16.9 Å². The second-order valence-corrected chi connectivity index (χ2v) is 6.48. The van der Waals surface area contributed by atoms with E-state index in [0.29, 0.717) is 18.2 Å². The van der Waals surface area contributed by atoms with Gasteiger partial charge in [0.25, 0.3) is 5.56 Å². The van der Waals surface area contributed by atoms with Gasteiger partial charge in [0.05, 0.1) is 0 Å². The molecule has 0 bridgehead atoms. The molecule has 0 amide bonds. The van der Waals surface area contributed by atoms with Gasteiger partial charge in [-0.1, -0.05) is 18.7 Å². The number of hydrogen-bond donors (Lipinski definition) is 2. The molecule has 0 saturated carbocycles. The Kier molecular flexibility index (Phi) is 5.76. The Bertz CT molecular complexity index is 1010. The first-order chi connectivity index (χ1) is 13.0. The monoisotopic (exact) mass is 364 g/mol. The van der Waals surface area contributed by atoms with Gasteiger partial charge in [-0.25, -0.2) is 4.98 Å². The quantitative estimate of drug-likeness (QED) is 0.473. The number of ether oxygens (including phenoxy) is 1. The largest absolute Gasteiger partial charge is 0.489 e. The standard InChI is InChI=1S/C21H24N4O2/c1-15(14-27-16-9-12-25(2)20(26)13-16)5-4-10-23-19-7-3-6-18-17(19)8-11-24-21(18)22/h3,6-9,11-13,23H,1,4-5,10,14H2,2H3,(H2,22,24). The van der Waals surface area contributed by atoms with Gasteiger partial charge in [-0.15, -0.1) is 0 Å². The van der Waals surface area contributed by atoms with Crippen LogP contribution in [-0.2, 0) is 7.05 Å². The van der Waals surface area contributed by atoms with Gasteiger partial charge in [-0.05, 0) is 36.6 Å². The Morgan fingerprint density at radius 1 is 1.30 bits per heavy atom. The number of nitrogens with zero attached hydrogens (tertiary/aromatic N) is 2. The van der Waals surface area contributed by atoms with Crippen LogP contribution in [-0.4, -0.2) is 22.7 Å². The van der Waals surface area contributed by atoms with Crippen LogP contribution in [0.1, 0.15) is 12.8 Å².